The second-order valence-electron chi connectivity index (χ2n) is 6.82. The average molecular weight is 367 g/mol. The third-order valence-electron chi connectivity index (χ3n) is 4.44. The van der Waals surface area contributed by atoms with E-state index in [0.717, 1.165) is 24.1 Å². The van der Waals surface area contributed by atoms with Crippen LogP contribution in [-0.2, 0) is 0 Å². The van der Waals surface area contributed by atoms with Gasteiger partial charge in [0, 0.05) is 30.5 Å². The molecule has 8 heteroatoms. The van der Waals surface area contributed by atoms with E-state index in [9.17, 15) is 15.0 Å². The quantitative estimate of drug-likeness (QED) is 0.528. The number of imidazole rings is 1. The summed E-state index contributed by atoms with van der Waals surface area (Å²) in [7, 11) is 0. The normalized spacial score (nSPS) is 14.9. The molecule has 8 nitrogen and oxygen atoms in total. The summed E-state index contributed by atoms with van der Waals surface area (Å²) in [4.78, 5) is 20.8. The molecule has 27 heavy (non-hydrogen) atoms. The van der Waals surface area contributed by atoms with Gasteiger partial charge >= 0.3 is 0 Å². The van der Waals surface area contributed by atoms with Crippen LogP contribution in [0.3, 0.4) is 0 Å². The number of carbonyl (C=O) groups excluding carboxylic acids is 1. The molecule has 0 radical (unpaired) electrons. The first-order valence-electron chi connectivity index (χ1n) is 8.91. The summed E-state index contributed by atoms with van der Waals surface area (Å²) in [6.07, 6.45) is 6.57. The van der Waals surface area contributed by atoms with E-state index in [0.29, 0.717) is 18.0 Å². The molecule has 1 amide bonds. The van der Waals surface area contributed by atoms with Crippen LogP contribution < -0.4 is 10.6 Å². The van der Waals surface area contributed by atoms with E-state index in [1.165, 1.54) is 0 Å². The predicted octanol–water partition coefficient (Wildman–Crippen LogP) is 1.79. The maximum Gasteiger partial charge on any atom is 0.255 e. The van der Waals surface area contributed by atoms with E-state index in [-0.39, 0.29) is 23.3 Å². The number of phenolic OH excluding ortho intramolecular Hbond substituents is 1. The van der Waals surface area contributed by atoms with Crippen LogP contribution >= 0.6 is 0 Å². The van der Waals surface area contributed by atoms with Crippen molar-refractivity contribution in [3.05, 3.63) is 42.4 Å². The van der Waals surface area contributed by atoms with E-state index in [2.05, 4.69) is 20.6 Å². The Hall–Kier alpha value is -3.13. The van der Waals surface area contributed by atoms with Crippen molar-refractivity contribution in [1.29, 1.82) is 0 Å². The van der Waals surface area contributed by atoms with E-state index in [1.54, 1.807) is 43.7 Å². The van der Waals surface area contributed by atoms with Crippen LogP contribution in [0, 0.1) is 0 Å². The minimum atomic E-state index is -0.507. The number of hydrogen-bond donors (Lipinski definition) is 4. The van der Waals surface area contributed by atoms with Gasteiger partial charge in [0.15, 0.2) is 11.5 Å². The Bertz CT molecular complexity index is 994. The molecule has 1 atom stereocenters. The molecular weight excluding hydrogens is 346 g/mol. The van der Waals surface area contributed by atoms with Crippen molar-refractivity contribution in [3.63, 3.8) is 0 Å². The summed E-state index contributed by atoms with van der Waals surface area (Å²) >= 11 is 0. The molecule has 0 bridgehead atoms. The number of aliphatic hydroxyl groups is 1. The van der Waals surface area contributed by atoms with E-state index >= 15 is 0 Å². The van der Waals surface area contributed by atoms with Gasteiger partial charge < -0.3 is 20.8 Å². The third kappa shape index (κ3) is 3.56. The summed E-state index contributed by atoms with van der Waals surface area (Å²) < 4.78 is 1.84. The summed E-state index contributed by atoms with van der Waals surface area (Å²) in [6.45, 7) is 2.05. The van der Waals surface area contributed by atoms with Gasteiger partial charge in [0.1, 0.15) is 5.75 Å². The molecule has 1 saturated carbocycles. The highest BCUT2D eigenvalue weighted by molar-refractivity contribution is 5.97. The van der Waals surface area contributed by atoms with Gasteiger partial charge in [-0.05, 0) is 31.9 Å². The second kappa shape index (κ2) is 6.88. The number of benzene rings is 1. The Morgan fingerprint density at radius 1 is 1.37 bits per heavy atom. The van der Waals surface area contributed by atoms with Crippen molar-refractivity contribution < 1.29 is 15.0 Å². The fraction of sp³-hybridized carbons (Fsp3) is 0.316. The smallest absolute Gasteiger partial charge is 0.255 e. The fourth-order valence-corrected chi connectivity index (χ4v) is 2.88. The van der Waals surface area contributed by atoms with Crippen LogP contribution in [0.2, 0.25) is 0 Å². The van der Waals surface area contributed by atoms with Gasteiger partial charge in [0.05, 0.1) is 23.6 Å². The van der Waals surface area contributed by atoms with Crippen molar-refractivity contribution in [1.82, 2.24) is 19.7 Å². The predicted molar refractivity (Wildman–Crippen MR) is 101 cm³/mol. The Labute approximate surface area is 155 Å². The molecule has 1 unspecified atom stereocenters. The first kappa shape index (κ1) is 17.3. The largest absolute Gasteiger partial charge is 0.507 e. The van der Waals surface area contributed by atoms with Crippen molar-refractivity contribution in [2.45, 2.75) is 31.9 Å². The molecule has 4 N–H and O–H groups in total. The number of carbonyl (C=O) groups is 1. The number of aromatic nitrogens is 3. The van der Waals surface area contributed by atoms with Gasteiger partial charge in [-0.15, -0.1) is 0 Å². The lowest BCUT2D eigenvalue weighted by Crippen LogP contribution is -2.25. The number of fused-ring (bicyclic) bond motifs is 1. The van der Waals surface area contributed by atoms with Crippen molar-refractivity contribution >= 4 is 17.4 Å². The summed E-state index contributed by atoms with van der Waals surface area (Å²) in [5.41, 5.74) is 2.37. The van der Waals surface area contributed by atoms with E-state index < -0.39 is 6.10 Å². The van der Waals surface area contributed by atoms with Crippen molar-refractivity contribution in [2.24, 2.45) is 0 Å². The zero-order valence-electron chi connectivity index (χ0n) is 14.9. The maximum absolute atomic E-state index is 12.2. The number of anilines is 1. The van der Waals surface area contributed by atoms with Crippen molar-refractivity contribution in [3.8, 4) is 17.0 Å². The molecule has 0 spiro atoms. The van der Waals surface area contributed by atoms with E-state index in [4.69, 9.17) is 0 Å². The van der Waals surface area contributed by atoms with Crippen LogP contribution in [0.1, 0.15) is 30.1 Å². The monoisotopic (exact) mass is 367 g/mol. The average Bonchev–Trinajstić information content (AvgIpc) is 3.34. The van der Waals surface area contributed by atoms with Crippen LogP contribution in [0.25, 0.3) is 16.9 Å². The van der Waals surface area contributed by atoms with Crippen LogP contribution in [-0.4, -0.2) is 49.2 Å². The number of nitrogens with zero attached hydrogens (tertiary/aromatic N) is 3. The molecule has 1 aromatic carbocycles. The molecule has 1 aliphatic carbocycles. The first-order valence-corrected chi connectivity index (χ1v) is 8.91. The van der Waals surface area contributed by atoms with Crippen LogP contribution in [0.5, 0.6) is 5.75 Å². The number of amides is 1. The number of rotatable bonds is 6. The zero-order valence-corrected chi connectivity index (χ0v) is 14.9. The zero-order chi connectivity index (χ0) is 19.0. The maximum atomic E-state index is 12.2. The highest BCUT2D eigenvalue weighted by Gasteiger charge is 2.25. The first-order chi connectivity index (χ1) is 13.0. The molecule has 1 fully saturated rings. The molecular formula is C19H21N5O3. The van der Waals surface area contributed by atoms with Crippen LogP contribution in [0.4, 0.5) is 5.82 Å². The molecule has 3 aromatic rings. The van der Waals surface area contributed by atoms with Crippen LogP contribution in [0.15, 0.2) is 36.8 Å². The van der Waals surface area contributed by atoms with Gasteiger partial charge in [-0.1, -0.05) is 6.07 Å². The fourth-order valence-electron chi connectivity index (χ4n) is 2.88. The Kier molecular flexibility index (Phi) is 4.41. The Balaban J connectivity index is 1.65. The topological polar surface area (TPSA) is 112 Å². The minimum absolute atomic E-state index is 0.0675. The highest BCUT2D eigenvalue weighted by Crippen LogP contribution is 2.29. The molecule has 4 rings (SSSR count). The van der Waals surface area contributed by atoms with Crippen molar-refractivity contribution in [2.75, 3.05) is 11.9 Å². The summed E-state index contributed by atoms with van der Waals surface area (Å²) in [6, 6.07) is 5.20. The molecule has 1 aliphatic rings. The van der Waals surface area contributed by atoms with E-state index in [1.807, 2.05) is 4.40 Å². The number of aromatic hydroxyl groups is 1. The Morgan fingerprint density at radius 2 is 2.19 bits per heavy atom. The van der Waals surface area contributed by atoms with Gasteiger partial charge in [-0.2, -0.15) is 0 Å². The molecule has 2 aromatic heterocycles. The third-order valence-corrected chi connectivity index (χ3v) is 4.44. The van der Waals surface area contributed by atoms with Gasteiger partial charge in [0.2, 0.25) is 0 Å². The number of nitrogens with one attached hydrogen (secondary N) is 2. The molecule has 0 saturated heterocycles. The lowest BCUT2D eigenvalue weighted by molar-refractivity contribution is 0.0948. The van der Waals surface area contributed by atoms with Gasteiger partial charge in [-0.25, -0.2) is 9.97 Å². The lowest BCUT2D eigenvalue weighted by atomic mass is 10.1. The number of hydrogen-bond acceptors (Lipinski definition) is 6. The molecule has 2 heterocycles. The Morgan fingerprint density at radius 3 is 2.89 bits per heavy atom. The lowest BCUT2D eigenvalue weighted by Gasteiger charge is -2.10. The second-order valence-corrected chi connectivity index (χ2v) is 6.82. The summed E-state index contributed by atoms with van der Waals surface area (Å²) in [5.74, 6) is 0.241. The highest BCUT2D eigenvalue weighted by atomic mass is 16.3. The molecule has 140 valence electrons. The number of aliphatic hydroxyl groups excluding tert-OH is 1. The SMILES string of the molecule is CC(O)CNc1nccn2c(-c3ccc(C(=O)NC4CC4)c(O)c3)cnc12. The summed E-state index contributed by atoms with van der Waals surface area (Å²) in [5, 5.41) is 25.7. The number of phenols is 1. The van der Waals surface area contributed by atoms with Gasteiger partial charge in [-0.3, -0.25) is 9.20 Å². The minimum Gasteiger partial charge on any atom is -0.507 e. The standard InChI is InChI=1S/C19H21N5O3/c1-11(25)9-21-17-18-22-10-15(24(18)7-6-20-17)12-2-5-14(16(26)8-12)19(27)23-13-3-4-13/h2,5-8,10-11,13,25-26H,3-4,9H2,1H3,(H,20,21)(H,23,27). The molecule has 0 aliphatic heterocycles. The van der Waals surface area contributed by atoms with Gasteiger partial charge in [0.25, 0.3) is 5.91 Å².